The van der Waals surface area contributed by atoms with Crippen molar-refractivity contribution in [1.29, 1.82) is 0 Å². The van der Waals surface area contributed by atoms with Gasteiger partial charge in [0.05, 0.1) is 10.6 Å². The minimum absolute atomic E-state index is 0.0819. The topological polar surface area (TPSA) is 73.0 Å². The minimum Gasteiger partial charge on any atom is -0.384 e. The summed E-state index contributed by atoms with van der Waals surface area (Å²) in [7, 11) is -3.13. The lowest BCUT2D eigenvalue weighted by molar-refractivity contribution is 0.597. The highest BCUT2D eigenvalue weighted by atomic mass is 32.2. The van der Waals surface area contributed by atoms with Crippen LogP contribution in [0.5, 0.6) is 0 Å². The Kier molecular flexibility index (Phi) is 2.32. The number of hydrogen-bond donors (Lipinski definition) is 1. The van der Waals surface area contributed by atoms with Crippen LogP contribution in [-0.2, 0) is 9.84 Å². The van der Waals surface area contributed by atoms with Gasteiger partial charge in [0.2, 0.25) is 0 Å². The molecule has 2 N–H and O–H groups in total. The summed E-state index contributed by atoms with van der Waals surface area (Å²) >= 11 is 0. The van der Waals surface area contributed by atoms with Gasteiger partial charge < -0.3 is 5.73 Å². The van der Waals surface area contributed by atoms with E-state index in [9.17, 15) is 8.42 Å². The third kappa shape index (κ3) is 1.73. The number of anilines is 1. The Labute approximate surface area is 71.3 Å². The second kappa shape index (κ2) is 3.10. The van der Waals surface area contributed by atoms with Gasteiger partial charge in [-0.05, 0) is 12.1 Å². The molecule has 0 aromatic carbocycles. The molecule has 0 atom stereocenters. The van der Waals surface area contributed by atoms with Crippen molar-refractivity contribution in [3.63, 3.8) is 0 Å². The maximum Gasteiger partial charge on any atom is 0.179 e. The van der Waals surface area contributed by atoms with E-state index in [0.29, 0.717) is 5.82 Å². The summed E-state index contributed by atoms with van der Waals surface area (Å²) in [4.78, 5) is 3.91. The van der Waals surface area contributed by atoms with E-state index in [4.69, 9.17) is 5.73 Å². The molecule has 4 nitrogen and oxygen atoms in total. The molecule has 0 aliphatic rings. The van der Waals surface area contributed by atoms with Gasteiger partial charge in [0, 0.05) is 6.20 Å². The van der Waals surface area contributed by atoms with Gasteiger partial charge in [-0.3, -0.25) is 0 Å². The van der Waals surface area contributed by atoms with Crippen LogP contribution in [0, 0.1) is 0 Å². The van der Waals surface area contributed by atoms with Crippen LogP contribution in [0.3, 0.4) is 0 Å². The summed E-state index contributed by atoms with van der Waals surface area (Å²) in [5.74, 6) is 0.406. The summed E-state index contributed by atoms with van der Waals surface area (Å²) < 4.78 is 22.5. The Morgan fingerprint density at radius 1 is 1.50 bits per heavy atom. The molecule has 0 bridgehead atoms. The first-order valence-corrected chi connectivity index (χ1v) is 5.16. The first-order valence-electron chi connectivity index (χ1n) is 3.50. The summed E-state index contributed by atoms with van der Waals surface area (Å²) in [6.07, 6.45) is 1.27. The second-order valence-corrected chi connectivity index (χ2v) is 4.60. The third-order valence-corrected chi connectivity index (χ3v) is 3.22. The molecule has 1 aromatic rings. The monoisotopic (exact) mass is 186 g/mol. The largest absolute Gasteiger partial charge is 0.384 e. The van der Waals surface area contributed by atoms with Crippen LogP contribution in [0.15, 0.2) is 23.2 Å². The van der Waals surface area contributed by atoms with E-state index in [2.05, 4.69) is 4.98 Å². The zero-order valence-corrected chi connectivity index (χ0v) is 7.50. The highest BCUT2D eigenvalue weighted by Crippen LogP contribution is 2.09. The lowest BCUT2D eigenvalue weighted by atomic mass is 10.5. The number of nitrogens with zero attached hydrogens (tertiary/aromatic N) is 1. The molecular weight excluding hydrogens is 176 g/mol. The molecular formula is C7H10N2O2S. The molecule has 1 aromatic heterocycles. The Bertz CT molecular complexity index is 355. The SMILES string of the molecule is CCS(=O)(=O)c1ccc(N)nc1. The van der Waals surface area contributed by atoms with Gasteiger partial charge >= 0.3 is 0 Å². The molecule has 1 heterocycles. The zero-order valence-electron chi connectivity index (χ0n) is 6.69. The van der Waals surface area contributed by atoms with E-state index >= 15 is 0 Å². The van der Waals surface area contributed by atoms with Crippen LogP contribution in [0.2, 0.25) is 0 Å². The van der Waals surface area contributed by atoms with Crippen LogP contribution in [0.4, 0.5) is 5.82 Å². The number of nitrogen functional groups attached to an aromatic ring is 1. The maximum atomic E-state index is 11.2. The number of nitrogens with two attached hydrogens (primary N) is 1. The van der Waals surface area contributed by atoms with Gasteiger partial charge in [0.1, 0.15) is 5.82 Å². The second-order valence-electron chi connectivity index (χ2n) is 2.32. The van der Waals surface area contributed by atoms with E-state index in [-0.39, 0.29) is 10.6 Å². The van der Waals surface area contributed by atoms with Crippen molar-refractivity contribution in [3.05, 3.63) is 18.3 Å². The molecule has 1 rings (SSSR count). The molecule has 0 radical (unpaired) electrons. The van der Waals surface area contributed by atoms with E-state index in [0.717, 1.165) is 0 Å². The van der Waals surface area contributed by atoms with Crippen molar-refractivity contribution in [2.24, 2.45) is 0 Å². The Morgan fingerprint density at radius 3 is 2.58 bits per heavy atom. The quantitative estimate of drug-likeness (QED) is 0.728. The van der Waals surface area contributed by atoms with E-state index < -0.39 is 9.84 Å². The van der Waals surface area contributed by atoms with Crippen LogP contribution in [0.25, 0.3) is 0 Å². The van der Waals surface area contributed by atoms with Gasteiger partial charge in [-0.15, -0.1) is 0 Å². The average Bonchev–Trinajstić information content (AvgIpc) is 2.05. The molecule has 0 saturated heterocycles. The standard InChI is InChI=1S/C7H10N2O2S/c1-2-12(10,11)6-3-4-7(8)9-5-6/h3-5H,2H2,1H3,(H2,8,9). The van der Waals surface area contributed by atoms with Gasteiger partial charge in [0.25, 0.3) is 0 Å². The van der Waals surface area contributed by atoms with Crippen molar-refractivity contribution in [3.8, 4) is 0 Å². The van der Waals surface area contributed by atoms with Gasteiger partial charge in [-0.2, -0.15) is 0 Å². The predicted octanol–water partition coefficient (Wildman–Crippen LogP) is 0.457. The molecule has 0 amide bonds. The minimum atomic E-state index is -3.13. The van der Waals surface area contributed by atoms with Crippen LogP contribution in [-0.4, -0.2) is 19.2 Å². The summed E-state index contributed by atoms with van der Waals surface area (Å²) in [6.45, 7) is 1.59. The smallest absolute Gasteiger partial charge is 0.179 e. The third-order valence-electron chi connectivity index (χ3n) is 1.50. The first kappa shape index (κ1) is 8.99. The number of pyridine rings is 1. The van der Waals surface area contributed by atoms with Crippen molar-refractivity contribution < 1.29 is 8.42 Å². The lowest BCUT2D eigenvalue weighted by Gasteiger charge is -1.99. The summed E-state index contributed by atoms with van der Waals surface area (Å²) in [5, 5.41) is 0. The Balaban J connectivity index is 3.14. The van der Waals surface area contributed by atoms with Crippen LogP contribution in [0.1, 0.15) is 6.92 Å². The zero-order chi connectivity index (χ0) is 9.19. The van der Waals surface area contributed by atoms with Crippen LogP contribution < -0.4 is 5.73 Å². The van der Waals surface area contributed by atoms with E-state index in [1.807, 2.05) is 0 Å². The van der Waals surface area contributed by atoms with Gasteiger partial charge in [-0.1, -0.05) is 6.92 Å². The highest BCUT2D eigenvalue weighted by molar-refractivity contribution is 7.91. The molecule has 0 saturated carbocycles. The molecule has 0 spiro atoms. The van der Waals surface area contributed by atoms with E-state index in [1.54, 1.807) is 6.92 Å². The highest BCUT2D eigenvalue weighted by Gasteiger charge is 2.10. The maximum absolute atomic E-state index is 11.2. The van der Waals surface area contributed by atoms with Crippen LogP contribution >= 0.6 is 0 Å². The van der Waals surface area contributed by atoms with Crippen molar-refractivity contribution >= 4 is 15.7 Å². The summed E-state index contributed by atoms with van der Waals surface area (Å²) in [6, 6.07) is 2.93. The fraction of sp³-hybridized carbons (Fsp3) is 0.286. The average molecular weight is 186 g/mol. The molecule has 0 unspecified atom stereocenters. The van der Waals surface area contributed by atoms with Gasteiger partial charge in [0.15, 0.2) is 9.84 Å². The lowest BCUT2D eigenvalue weighted by Crippen LogP contribution is -2.04. The van der Waals surface area contributed by atoms with Crippen molar-refractivity contribution in [1.82, 2.24) is 4.98 Å². The fourth-order valence-corrected chi connectivity index (χ4v) is 1.56. The molecule has 5 heteroatoms. The molecule has 66 valence electrons. The molecule has 0 aliphatic carbocycles. The number of aromatic nitrogens is 1. The molecule has 0 aliphatic heterocycles. The van der Waals surface area contributed by atoms with Gasteiger partial charge in [-0.25, -0.2) is 13.4 Å². The molecule has 0 fully saturated rings. The fourth-order valence-electron chi connectivity index (χ4n) is 0.742. The molecule has 12 heavy (non-hydrogen) atoms. The first-order chi connectivity index (χ1) is 5.56. The summed E-state index contributed by atoms with van der Waals surface area (Å²) in [5.41, 5.74) is 5.31. The number of rotatable bonds is 2. The normalized spacial score (nSPS) is 11.4. The van der Waals surface area contributed by atoms with E-state index in [1.165, 1.54) is 18.3 Å². The Morgan fingerprint density at radius 2 is 2.17 bits per heavy atom. The Hall–Kier alpha value is -1.10. The van der Waals surface area contributed by atoms with Crippen molar-refractivity contribution in [2.75, 3.05) is 11.5 Å². The number of hydrogen-bond acceptors (Lipinski definition) is 4. The predicted molar refractivity (Wildman–Crippen MR) is 46.4 cm³/mol. The van der Waals surface area contributed by atoms with Crippen molar-refractivity contribution in [2.45, 2.75) is 11.8 Å². The number of sulfone groups is 1.